The van der Waals surface area contributed by atoms with E-state index in [4.69, 9.17) is 4.42 Å². The summed E-state index contributed by atoms with van der Waals surface area (Å²) in [6.45, 7) is 0. The van der Waals surface area contributed by atoms with Gasteiger partial charge in [0.05, 0.1) is 6.20 Å². The van der Waals surface area contributed by atoms with Crippen molar-refractivity contribution in [2.75, 3.05) is 0 Å². The van der Waals surface area contributed by atoms with Gasteiger partial charge in [-0.25, -0.2) is 4.98 Å². The fourth-order valence-electron chi connectivity index (χ4n) is 0.584. The lowest BCUT2D eigenvalue weighted by Gasteiger charge is -1.85. The van der Waals surface area contributed by atoms with Gasteiger partial charge in [0, 0.05) is 0 Å². The molecule has 2 aromatic rings. The maximum absolute atomic E-state index is 4.89. The minimum absolute atomic E-state index is 0.505. The lowest BCUT2D eigenvalue weighted by molar-refractivity contribution is 0.511. The zero-order valence-electron chi connectivity index (χ0n) is 4.88. The highest BCUT2D eigenvalue weighted by Crippen LogP contribution is 1.99. The normalized spacial score (nSPS) is 10.0. The molecule has 0 saturated carbocycles. The summed E-state index contributed by atoms with van der Waals surface area (Å²) in [7, 11) is 0. The molecule has 0 amide bonds. The van der Waals surface area contributed by atoms with Crippen LogP contribution in [0.25, 0.3) is 5.88 Å². The standard InChI is InChI=1S/C4H3N5O/c1-4(10-3-5-1)9-2-6-7-8-9/h1-3H. The zero-order chi connectivity index (χ0) is 6.81. The van der Waals surface area contributed by atoms with Gasteiger partial charge in [0.25, 0.3) is 0 Å². The molecule has 0 aromatic carbocycles. The average molecular weight is 137 g/mol. The van der Waals surface area contributed by atoms with Crippen LogP contribution in [0.3, 0.4) is 0 Å². The van der Waals surface area contributed by atoms with E-state index in [0.717, 1.165) is 0 Å². The van der Waals surface area contributed by atoms with E-state index in [1.807, 2.05) is 0 Å². The van der Waals surface area contributed by atoms with E-state index >= 15 is 0 Å². The predicted octanol–water partition coefficient (Wildman–Crippen LogP) is -0.350. The topological polar surface area (TPSA) is 69.6 Å². The van der Waals surface area contributed by atoms with Crippen LogP contribution in [0, 0.1) is 0 Å². The average Bonchev–Trinajstić information content (AvgIpc) is 2.59. The van der Waals surface area contributed by atoms with Gasteiger partial charge in [-0.1, -0.05) is 0 Å². The molecule has 2 aromatic heterocycles. The Morgan fingerprint density at radius 1 is 1.50 bits per heavy atom. The summed E-state index contributed by atoms with van der Waals surface area (Å²) in [5, 5.41) is 10.4. The van der Waals surface area contributed by atoms with Crippen LogP contribution in [-0.4, -0.2) is 25.2 Å². The van der Waals surface area contributed by atoms with Crippen LogP contribution in [-0.2, 0) is 0 Å². The third-order valence-corrected chi connectivity index (χ3v) is 0.994. The maximum atomic E-state index is 4.89. The van der Waals surface area contributed by atoms with E-state index in [0.29, 0.717) is 5.88 Å². The summed E-state index contributed by atoms with van der Waals surface area (Å²) in [6, 6.07) is 0. The van der Waals surface area contributed by atoms with Gasteiger partial charge in [0.15, 0.2) is 6.39 Å². The summed E-state index contributed by atoms with van der Waals surface area (Å²) in [4.78, 5) is 3.70. The van der Waals surface area contributed by atoms with Crippen molar-refractivity contribution in [3.63, 3.8) is 0 Å². The number of nitrogens with zero attached hydrogens (tertiary/aromatic N) is 5. The number of hydrogen-bond acceptors (Lipinski definition) is 5. The largest absolute Gasteiger partial charge is 0.426 e. The van der Waals surface area contributed by atoms with Gasteiger partial charge in [-0.05, 0) is 10.4 Å². The highest BCUT2D eigenvalue weighted by atomic mass is 16.4. The van der Waals surface area contributed by atoms with Crippen molar-refractivity contribution in [2.24, 2.45) is 0 Å². The van der Waals surface area contributed by atoms with E-state index < -0.39 is 0 Å². The molecule has 2 heterocycles. The van der Waals surface area contributed by atoms with Crippen molar-refractivity contribution < 1.29 is 4.42 Å². The van der Waals surface area contributed by atoms with Crippen LogP contribution in [0.1, 0.15) is 0 Å². The molecule has 0 aliphatic carbocycles. The first kappa shape index (κ1) is 5.10. The molecule has 0 spiro atoms. The molecule has 0 unspecified atom stereocenters. The Kier molecular flexibility index (Phi) is 0.970. The zero-order valence-corrected chi connectivity index (χ0v) is 4.88. The third-order valence-electron chi connectivity index (χ3n) is 0.994. The first-order valence-corrected chi connectivity index (χ1v) is 2.58. The van der Waals surface area contributed by atoms with Crippen LogP contribution < -0.4 is 0 Å². The highest BCUT2D eigenvalue weighted by molar-refractivity contribution is 5.07. The Hall–Kier alpha value is -1.72. The SMILES string of the molecule is c1ncc(-n2cnnn2)o1. The number of tetrazole rings is 1. The summed E-state index contributed by atoms with van der Waals surface area (Å²) in [6.07, 6.45) is 4.27. The van der Waals surface area contributed by atoms with Crippen LogP contribution >= 0.6 is 0 Å². The van der Waals surface area contributed by atoms with Gasteiger partial charge in [0.1, 0.15) is 6.33 Å². The first-order chi connectivity index (χ1) is 4.97. The molecule has 6 heteroatoms. The van der Waals surface area contributed by atoms with E-state index in [1.54, 1.807) is 0 Å². The van der Waals surface area contributed by atoms with Gasteiger partial charge in [-0.15, -0.1) is 5.10 Å². The minimum atomic E-state index is 0.505. The van der Waals surface area contributed by atoms with Crippen molar-refractivity contribution in [1.29, 1.82) is 0 Å². The Bertz CT molecular complexity index is 253. The summed E-state index contributed by atoms with van der Waals surface area (Å²) >= 11 is 0. The molecule has 50 valence electrons. The molecular formula is C4H3N5O. The molecule has 10 heavy (non-hydrogen) atoms. The smallest absolute Gasteiger partial charge is 0.243 e. The molecule has 0 fully saturated rings. The molecule has 0 aliphatic heterocycles. The Morgan fingerprint density at radius 3 is 3.10 bits per heavy atom. The highest BCUT2D eigenvalue weighted by Gasteiger charge is 1.98. The van der Waals surface area contributed by atoms with Crippen molar-refractivity contribution in [2.45, 2.75) is 0 Å². The van der Waals surface area contributed by atoms with E-state index in [9.17, 15) is 0 Å². The molecule has 0 bridgehead atoms. The molecule has 0 saturated heterocycles. The maximum Gasteiger partial charge on any atom is 0.243 e. The van der Waals surface area contributed by atoms with Gasteiger partial charge >= 0.3 is 0 Å². The summed E-state index contributed by atoms with van der Waals surface area (Å²) in [5.74, 6) is 0.505. The van der Waals surface area contributed by atoms with Crippen LogP contribution in [0.15, 0.2) is 23.3 Å². The Morgan fingerprint density at radius 2 is 2.50 bits per heavy atom. The van der Waals surface area contributed by atoms with Gasteiger partial charge in [-0.2, -0.15) is 4.68 Å². The first-order valence-electron chi connectivity index (χ1n) is 2.58. The molecule has 0 aliphatic rings. The number of aromatic nitrogens is 5. The quantitative estimate of drug-likeness (QED) is 0.537. The van der Waals surface area contributed by atoms with Crippen molar-refractivity contribution in [3.8, 4) is 5.88 Å². The molecule has 6 nitrogen and oxygen atoms in total. The number of rotatable bonds is 1. The molecule has 2 rings (SSSR count). The lowest BCUT2D eigenvalue weighted by atomic mass is 10.8. The summed E-state index contributed by atoms with van der Waals surface area (Å²) in [5.41, 5.74) is 0. The molecule has 0 N–H and O–H groups in total. The van der Waals surface area contributed by atoms with Crippen LogP contribution in [0.4, 0.5) is 0 Å². The predicted molar refractivity (Wildman–Crippen MR) is 29.2 cm³/mol. The van der Waals surface area contributed by atoms with Crippen molar-refractivity contribution in [1.82, 2.24) is 25.2 Å². The second-order valence-electron chi connectivity index (χ2n) is 1.59. The monoisotopic (exact) mass is 137 g/mol. The fraction of sp³-hybridized carbons (Fsp3) is 0. The van der Waals surface area contributed by atoms with E-state index in [-0.39, 0.29) is 0 Å². The van der Waals surface area contributed by atoms with Crippen LogP contribution in [0.5, 0.6) is 0 Å². The van der Waals surface area contributed by atoms with Gasteiger partial charge in [0.2, 0.25) is 5.88 Å². The van der Waals surface area contributed by atoms with Gasteiger partial charge in [-0.3, -0.25) is 0 Å². The van der Waals surface area contributed by atoms with Crippen molar-refractivity contribution in [3.05, 3.63) is 18.9 Å². The fourth-order valence-corrected chi connectivity index (χ4v) is 0.584. The second kappa shape index (κ2) is 1.90. The molecule has 0 radical (unpaired) electrons. The van der Waals surface area contributed by atoms with E-state index in [2.05, 4.69) is 20.5 Å². The molecular weight excluding hydrogens is 134 g/mol. The number of hydrogen-bond donors (Lipinski definition) is 0. The summed E-state index contributed by atoms with van der Waals surface area (Å²) < 4.78 is 6.27. The lowest BCUT2D eigenvalue weighted by Crippen LogP contribution is -1.91. The van der Waals surface area contributed by atoms with E-state index in [1.165, 1.54) is 23.6 Å². The Labute approximate surface area is 55.5 Å². The Balaban J connectivity index is 2.48. The van der Waals surface area contributed by atoms with Gasteiger partial charge < -0.3 is 4.42 Å². The van der Waals surface area contributed by atoms with Crippen molar-refractivity contribution >= 4 is 0 Å². The number of oxazole rings is 1. The second-order valence-corrected chi connectivity index (χ2v) is 1.59. The third kappa shape index (κ3) is 0.661. The minimum Gasteiger partial charge on any atom is -0.426 e. The van der Waals surface area contributed by atoms with Crippen LogP contribution in [0.2, 0.25) is 0 Å². The molecule has 0 atom stereocenters.